The summed E-state index contributed by atoms with van der Waals surface area (Å²) >= 11 is 0. The molecule has 1 amide bonds. The van der Waals surface area contributed by atoms with E-state index in [0.717, 1.165) is 43.7 Å². The van der Waals surface area contributed by atoms with Crippen LogP contribution in [0.15, 0.2) is 72.8 Å². The van der Waals surface area contributed by atoms with E-state index in [1.807, 2.05) is 48.5 Å². The van der Waals surface area contributed by atoms with Crippen molar-refractivity contribution in [1.82, 2.24) is 4.98 Å². The second-order valence-electron chi connectivity index (χ2n) is 6.97. The van der Waals surface area contributed by atoms with Gasteiger partial charge in [0.15, 0.2) is 0 Å². The summed E-state index contributed by atoms with van der Waals surface area (Å²) in [5, 5.41) is 5.42. The normalized spacial score (nSPS) is 11.2. The number of pyridine rings is 1. The Balaban J connectivity index is 0.00000272. The number of benzene rings is 3. The molecule has 0 fully saturated rings. The highest BCUT2D eigenvalue weighted by Gasteiger charge is 2.23. The van der Waals surface area contributed by atoms with E-state index in [-0.39, 0.29) is 18.8 Å². The van der Waals surface area contributed by atoms with Crippen LogP contribution in [0.1, 0.15) is 13.3 Å². The summed E-state index contributed by atoms with van der Waals surface area (Å²) in [5.74, 6) is -0.468. The fourth-order valence-corrected chi connectivity index (χ4v) is 4.47. The molecule has 4 aromatic rings. The zero-order chi connectivity index (χ0) is 21.3. The molecule has 0 spiro atoms. The van der Waals surface area contributed by atoms with E-state index >= 15 is 0 Å². The first-order valence-electron chi connectivity index (χ1n) is 9.56. The number of aromatic nitrogens is 1. The van der Waals surface area contributed by atoms with Crippen LogP contribution in [0.25, 0.3) is 21.8 Å². The number of sulfonamides is 1. The van der Waals surface area contributed by atoms with Gasteiger partial charge in [-0.25, -0.2) is 17.7 Å². The van der Waals surface area contributed by atoms with Crippen LogP contribution in [0.4, 0.5) is 17.1 Å². The number of fused-ring (bicyclic) bond motifs is 2. The molecular weight excluding hydrogens is 434 g/mol. The van der Waals surface area contributed by atoms with Crippen LogP contribution in [0.5, 0.6) is 0 Å². The van der Waals surface area contributed by atoms with Crippen LogP contribution in [0, 0.1) is 0 Å². The summed E-state index contributed by atoms with van der Waals surface area (Å²) < 4.78 is 25.0. The number of nitrogens with one attached hydrogen (secondary N) is 1. The third kappa shape index (κ3) is 4.47. The lowest BCUT2D eigenvalue weighted by Gasteiger charge is -2.20. The molecule has 31 heavy (non-hydrogen) atoms. The Morgan fingerprint density at radius 2 is 1.42 bits per heavy atom. The number of halogens is 1. The number of amides is 1. The zero-order valence-corrected chi connectivity index (χ0v) is 18.7. The van der Waals surface area contributed by atoms with Gasteiger partial charge in [-0.1, -0.05) is 43.3 Å². The average Bonchev–Trinajstić information content (AvgIpc) is 2.73. The SMILES string of the molecule is CCC(=O)N(c1ccc(Nc2c3ccccc3nc3ccccc23)cc1)S(C)(=O)=O.Cl. The molecule has 1 aromatic heterocycles. The highest BCUT2D eigenvalue weighted by Crippen LogP contribution is 2.33. The summed E-state index contributed by atoms with van der Waals surface area (Å²) in [6.07, 6.45) is 1.13. The lowest BCUT2D eigenvalue weighted by molar-refractivity contribution is -0.117. The highest BCUT2D eigenvalue weighted by molar-refractivity contribution is 7.92. The smallest absolute Gasteiger partial charge is 0.240 e. The van der Waals surface area contributed by atoms with Crippen molar-refractivity contribution in [2.75, 3.05) is 15.9 Å². The molecule has 0 bridgehead atoms. The quantitative estimate of drug-likeness (QED) is 0.415. The van der Waals surface area contributed by atoms with Gasteiger partial charge in [-0.05, 0) is 36.4 Å². The number of rotatable bonds is 5. The van der Waals surface area contributed by atoms with E-state index in [1.54, 1.807) is 31.2 Å². The summed E-state index contributed by atoms with van der Waals surface area (Å²) in [5.41, 5.74) is 3.78. The van der Waals surface area contributed by atoms with E-state index in [2.05, 4.69) is 5.32 Å². The second-order valence-corrected chi connectivity index (χ2v) is 8.80. The van der Waals surface area contributed by atoms with Gasteiger partial charge in [0, 0.05) is 22.9 Å². The van der Waals surface area contributed by atoms with Gasteiger partial charge in [-0.15, -0.1) is 12.4 Å². The Bertz CT molecular complexity index is 1300. The number of carbonyl (C=O) groups is 1. The van der Waals surface area contributed by atoms with Gasteiger partial charge < -0.3 is 5.32 Å². The van der Waals surface area contributed by atoms with Crippen molar-refractivity contribution in [2.24, 2.45) is 0 Å². The summed E-state index contributed by atoms with van der Waals surface area (Å²) in [7, 11) is -3.70. The van der Waals surface area contributed by atoms with Crippen LogP contribution in [0.3, 0.4) is 0 Å². The fraction of sp³-hybridized carbons (Fsp3) is 0.130. The first-order chi connectivity index (χ1) is 14.4. The van der Waals surface area contributed by atoms with Gasteiger partial charge in [-0.2, -0.15) is 0 Å². The van der Waals surface area contributed by atoms with Crippen molar-refractivity contribution in [1.29, 1.82) is 0 Å². The largest absolute Gasteiger partial charge is 0.354 e. The summed E-state index contributed by atoms with van der Waals surface area (Å²) in [6, 6.07) is 22.6. The first kappa shape index (κ1) is 22.5. The van der Waals surface area contributed by atoms with Crippen molar-refractivity contribution in [3.05, 3.63) is 72.8 Å². The van der Waals surface area contributed by atoms with Crippen molar-refractivity contribution in [3.8, 4) is 0 Å². The number of hydrogen-bond acceptors (Lipinski definition) is 5. The molecule has 160 valence electrons. The molecule has 0 radical (unpaired) electrons. The average molecular weight is 456 g/mol. The number of nitrogens with zero attached hydrogens (tertiary/aromatic N) is 2. The lowest BCUT2D eigenvalue weighted by Crippen LogP contribution is -2.35. The predicted octanol–water partition coefficient (Wildman–Crippen LogP) is 5.26. The van der Waals surface area contributed by atoms with Gasteiger partial charge in [0.2, 0.25) is 15.9 Å². The number of carbonyl (C=O) groups excluding carboxylic acids is 1. The molecule has 6 nitrogen and oxygen atoms in total. The minimum absolute atomic E-state index is 0. The fourth-order valence-electron chi connectivity index (χ4n) is 3.46. The Hall–Kier alpha value is -3.16. The van der Waals surface area contributed by atoms with Crippen LogP contribution < -0.4 is 9.62 Å². The van der Waals surface area contributed by atoms with Gasteiger partial charge >= 0.3 is 0 Å². The minimum atomic E-state index is -3.70. The molecule has 1 N–H and O–H groups in total. The molecule has 0 saturated carbocycles. The molecule has 0 aliphatic carbocycles. The topological polar surface area (TPSA) is 79.4 Å². The Labute approximate surface area is 187 Å². The minimum Gasteiger partial charge on any atom is -0.354 e. The van der Waals surface area contributed by atoms with E-state index in [4.69, 9.17) is 4.98 Å². The molecule has 0 atom stereocenters. The van der Waals surface area contributed by atoms with Crippen molar-refractivity contribution >= 4 is 67.2 Å². The monoisotopic (exact) mass is 455 g/mol. The molecular formula is C23H22ClN3O3S. The molecule has 0 unspecified atom stereocenters. The van der Waals surface area contributed by atoms with Crippen LogP contribution in [-0.2, 0) is 14.8 Å². The molecule has 8 heteroatoms. The van der Waals surface area contributed by atoms with Crippen LogP contribution in [0.2, 0.25) is 0 Å². The molecule has 0 aliphatic heterocycles. The standard InChI is InChI=1S/C23H21N3O3S.ClH/c1-3-22(27)26(30(2,28)29)17-14-12-16(13-15-17)24-23-18-8-4-6-10-20(18)25-21-11-7-5-9-19(21)23;/h4-15H,3H2,1-2H3,(H,24,25);1H. The Morgan fingerprint density at radius 1 is 0.903 bits per heavy atom. The first-order valence-corrected chi connectivity index (χ1v) is 11.4. The Kier molecular flexibility index (Phi) is 6.48. The maximum atomic E-state index is 12.2. The summed E-state index contributed by atoms with van der Waals surface area (Å²) in [4.78, 5) is 16.9. The number of anilines is 3. The third-order valence-electron chi connectivity index (χ3n) is 4.82. The van der Waals surface area contributed by atoms with Gasteiger partial charge in [0.25, 0.3) is 0 Å². The molecule has 1 heterocycles. The van der Waals surface area contributed by atoms with Gasteiger partial charge in [-0.3, -0.25) is 4.79 Å². The van der Waals surface area contributed by atoms with Gasteiger partial charge in [0.1, 0.15) is 0 Å². The molecule has 3 aromatic carbocycles. The maximum Gasteiger partial charge on any atom is 0.240 e. The zero-order valence-electron chi connectivity index (χ0n) is 17.1. The Morgan fingerprint density at radius 3 is 1.90 bits per heavy atom. The molecule has 0 aliphatic rings. The van der Waals surface area contributed by atoms with Crippen LogP contribution in [-0.4, -0.2) is 25.6 Å². The number of hydrogen-bond donors (Lipinski definition) is 1. The highest BCUT2D eigenvalue weighted by atomic mass is 35.5. The van der Waals surface area contributed by atoms with Crippen LogP contribution >= 0.6 is 12.4 Å². The van der Waals surface area contributed by atoms with Crippen molar-refractivity contribution in [3.63, 3.8) is 0 Å². The summed E-state index contributed by atoms with van der Waals surface area (Å²) in [6.45, 7) is 1.64. The second kappa shape index (κ2) is 8.91. The van der Waals surface area contributed by atoms with Crippen molar-refractivity contribution < 1.29 is 13.2 Å². The lowest BCUT2D eigenvalue weighted by atomic mass is 10.1. The molecule has 4 rings (SSSR count). The predicted molar refractivity (Wildman–Crippen MR) is 129 cm³/mol. The van der Waals surface area contributed by atoms with E-state index in [9.17, 15) is 13.2 Å². The molecule has 0 saturated heterocycles. The number of para-hydroxylation sites is 2. The third-order valence-corrected chi connectivity index (χ3v) is 5.90. The van der Waals surface area contributed by atoms with E-state index < -0.39 is 15.9 Å². The van der Waals surface area contributed by atoms with E-state index in [1.165, 1.54) is 0 Å². The van der Waals surface area contributed by atoms with E-state index in [0.29, 0.717) is 5.69 Å². The van der Waals surface area contributed by atoms with Gasteiger partial charge in [0.05, 0.1) is 28.7 Å². The maximum absolute atomic E-state index is 12.2. The van der Waals surface area contributed by atoms with Crippen molar-refractivity contribution in [2.45, 2.75) is 13.3 Å².